The van der Waals surface area contributed by atoms with Gasteiger partial charge in [-0.05, 0) is 36.5 Å². The van der Waals surface area contributed by atoms with Crippen LogP contribution in [0, 0.1) is 5.92 Å². The minimum atomic E-state index is -0.105. The van der Waals surface area contributed by atoms with Crippen LogP contribution in [0.4, 0.5) is 5.69 Å². The molecule has 2 aromatic carbocycles. The normalized spacial score (nSPS) is 20.6. The third-order valence-electron chi connectivity index (χ3n) is 7.97. The van der Waals surface area contributed by atoms with E-state index in [1.54, 1.807) is 12.5 Å². The highest BCUT2D eigenvalue weighted by atomic mass is 16.2. The number of carbonyl (C=O) groups is 2. The molecule has 0 spiro atoms. The van der Waals surface area contributed by atoms with Crippen LogP contribution in [0.25, 0.3) is 0 Å². The van der Waals surface area contributed by atoms with Crippen LogP contribution in [0.5, 0.6) is 0 Å². The van der Waals surface area contributed by atoms with Gasteiger partial charge in [0, 0.05) is 62.3 Å². The summed E-state index contributed by atoms with van der Waals surface area (Å²) in [7, 11) is 0. The fourth-order valence-corrected chi connectivity index (χ4v) is 5.98. The molecule has 2 aliphatic rings. The van der Waals surface area contributed by atoms with Crippen molar-refractivity contribution < 1.29 is 9.59 Å². The van der Waals surface area contributed by atoms with E-state index in [4.69, 9.17) is 0 Å². The smallest absolute Gasteiger partial charge is 0.242 e. The van der Waals surface area contributed by atoms with E-state index < -0.39 is 0 Å². The van der Waals surface area contributed by atoms with Gasteiger partial charge in [0.05, 0.1) is 6.33 Å². The Morgan fingerprint density at radius 3 is 2.50 bits per heavy atom. The lowest BCUT2D eigenvalue weighted by Crippen LogP contribution is -2.52. The molecular formula is C31H39N5O2. The minimum Gasteiger partial charge on any atom is -0.335 e. The summed E-state index contributed by atoms with van der Waals surface area (Å²) in [5.74, 6) is 0.0993. The highest BCUT2D eigenvalue weighted by Crippen LogP contribution is 2.32. The third kappa shape index (κ3) is 5.99. The molecule has 0 radical (unpaired) electrons. The van der Waals surface area contributed by atoms with Gasteiger partial charge in [0.15, 0.2) is 0 Å². The molecule has 0 N–H and O–H groups in total. The second-order valence-electron chi connectivity index (χ2n) is 11.0. The predicted molar refractivity (Wildman–Crippen MR) is 149 cm³/mol. The summed E-state index contributed by atoms with van der Waals surface area (Å²) < 4.78 is 1.83. The number of amides is 2. The summed E-state index contributed by atoms with van der Waals surface area (Å²) in [5, 5.41) is 0. The first-order valence-electron chi connectivity index (χ1n) is 13.9. The molecule has 3 heterocycles. The summed E-state index contributed by atoms with van der Waals surface area (Å²) in [4.78, 5) is 38.0. The molecule has 7 heteroatoms. The Balaban J connectivity index is 1.53. The van der Waals surface area contributed by atoms with E-state index in [-0.39, 0.29) is 30.3 Å². The van der Waals surface area contributed by atoms with Crippen molar-refractivity contribution in [1.82, 2.24) is 19.4 Å². The van der Waals surface area contributed by atoms with Gasteiger partial charge in [-0.25, -0.2) is 4.98 Å². The molecule has 2 unspecified atom stereocenters. The Hall–Kier alpha value is -3.45. The molecule has 2 amide bonds. The van der Waals surface area contributed by atoms with Gasteiger partial charge in [-0.15, -0.1) is 0 Å². The van der Waals surface area contributed by atoms with Gasteiger partial charge >= 0.3 is 0 Å². The van der Waals surface area contributed by atoms with Crippen LogP contribution in [0.2, 0.25) is 0 Å². The van der Waals surface area contributed by atoms with E-state index in [1.165, 1.54) is 5.56 Å². The average Bonchev–Trinajstić information content (AvgIpc) is 3.43. The highest BCUT2D eigenvalue weighted by Gasteiger charge is 2.35. The van der Waals surface area contributed by atoms with Crippen LogP contribution in [-0.2, 0) is 29.2 Å². The maximum absolute atomic E-state index is 13.8. The molecule has 0 saturated carbocycles. The summed E-state index contributed by atoms with van der Waals surface area (Å²) >= 11 is 0. The lowest BCUT2D eigenvalue weighted by Gasteiger charge is -2.44. The zero-order chi connectivity index (χ0) is 26.5. The first-order chi connectivity index (χ1) is 18.5. The number of aromatic nitrogens is 2. The van der Waals surface area contributed by atoms with E-state index in [1.807, 2.05) is 52.6 Å². The van der Waals surface area contributed by atoms with Crippen LogP contribution in [0.3, 0.4) is 0 Å². The van der Waals surface area contributed by atoms with Gasteiger partial charge in [-0.3, -0.25) is 14.5 Å². The van der Waals surface area contributed by atoms with Crippen LogP contribution in [-0.4, -0.2) is 56.3 Å². The molecule has 1 saturated heterocycles. The van der Waals surface area contributed by atoms with E-state index in [0.717, 1.165) is 43.5 Å². The second kappa shape index (κ2) is 11.9. The van der Waals surface area contributed by atoms with Crippen molar-refractivity contribution in [2.24, 2.45) is 5.92 Å². The number of nitrogens with zero attached hydrogens (tertiary/aromatic N) is 5. The zero-order valence-corrected chi connectivity index (χ0v) is 22.6. The van der Waals surface area contributed by atoms with Crippen molar-refractivity contribution in [2.75, 3.05) is 18.0 Å². The molecule has 200 valence electrons. The number of para-hydroxylation sites is 1. The predicted octanol–water partition coefficient (Wildman–Crippen LogP) is 4.73. The summed E-state index contributed by atoms with van der Waals surface area (Å²) in [6, 6.07) is 19.4. The number of imidazole rings is 1. The molecule has 7 nitrogen and oxygen atoms in total. The fourth-order valence-electron chi connectivity index (χ4n) is 5.98. The Morgan fingerprint density at radius 1 is 0.974 bits per heavy atom. The number of anilines is 1. The number of benzene rings is 2. The maximum atomic E-state index is 13.8. The summed E-state index contributed by atoms with van der Waals surface area (Å²) in [6.45, 7) is 6.87. The van der Waals surface area contributed by atoms with Crippen LogP contribution in [0.15, 0.2) is 73.3 Å². The fraction of sp³-hybridized carbons (Fsp3) is 0.452. The van der Waals surface area contributed by atoms with E-state index in [2.05, 4.69) is 46.3 Å². The van der Waals surface area contributed by atoms with Gasteiger partial charge in [0.25, 0.3) is 0 Å². The van der Waals surface area contributed by atoms with E-state index >= 15 is 0 Å². The molecule has 1 aromatic heterocycles. The average molecular weight is 514 g/mol. The molecule has 38 heavy (non-hydrogen) atoms. The largest absolute Gasteiger partial charge is 0.335 e. The molecule has 3 aromatic rings. The number of fused-ring (bicyclic) bond motifs is 3. The first-order valence-corrected chi connectivity index (χ1v) is 13.9. The molecule has 2 bridgehead atoms. The van der Waals surface area contributed by atoms with Crippen LogP contribution in [0.1, 0.15) is 50.7 Å². The van der Waals surface area contributed by atoms with Crippen LogP contribution < -0.4 is 4.90 Å². The number of carbonyl (C=O) groups excluding carboxylic acids is 2. The molecule has 5 rings (SSSR count). The first kappa shape index (κ1) is 26.2. The van der Waals surface area contributed by atoms with Crippen molar-refractivity contribution in [2.45, 2.75) is 71.2 Å². The standard InChI is InChI=1S/C31H39N5O2/c1-24(2)31(38)35-17-15-27-12-8-13-28(36(27)19-25-9-4-3-5-10-25)21-34(20-26-11-6-7-14-29(26)35)30(37)22-33-18-16-32-23-33/h3-7,9-11,14,16,18,23-24,27-28H,8,12-13,15,17,19-22H2,1-2H3. The van der Waals surface area contributed by atoms with Crippen molar-refractivity contribution in [3.8, 4) is 0 Å². The summed E-state index contributed by atoms with van der Waals surface area (Å²) in [5.41, 5.74) is 3.23. The SMILES string of the molecule is CC(C)C(=O)N1CCC2CCCC(CN(C(=O)Cn3ccnc3)Cc3ccccc31)N2Cc1ccccc1. The lowest BCUT2D eigenvalue weighted by atomic mass is 9.92. The van der Waals surface area contributed by atoms with Gasteiger partial charge < -0.3 is 14.4 Å². The topological polar surface area (TPSA) is 61.7 Å². The Kier molecular flexibility index (Phi) is 8.23. The Labute approximate surface area is 226 Å². The number of piperidine rings is 1. The van der Waals surface area contributed by atoms with Crippen molar-refractivity contribution in [3.63, 3.8) is 0 Å². The molecular weight excluding hydrogens is 474 g/mol. The van der Waals surface area contributed by atoms with Gasteiger partial charge in [-0.2, -0.15) is 0 Å². The zero-order valence-electron chi connectivity index (χ0n) is 22.6. The number of hydrogen-bond donors (Lipinski definition) is 0. The van der Waals surface area contributed by atoms with Crippen LogP contribution >= 0.6 is 0 Å². The Bertz CT molecular complexity index is 1210. The van der Waals surface area contributed by atoms with Crippen molar-refractivity contribution in [3.05, 3.63) is 84.4 Å². The van der Waals surface area contributed by atoms with Crippen molar-refractivity contribution in [1.29, 1.82) is 0 Å². The van der Waals surface area contributed by atoms with Gasteiger partial charge in [0.2, 0.25) is 11.8 Å². The number of hydrogen-bond acceptors (Lipinski definition) is 4. The third-order valence-corrected chi connectivity index (χ3v) is 7.97. The molecule has 2 atom stereocenters. The number of rotatable bonds is 5. The Morgan fingerprint density at radius 2 is 1.74 bits per heavy atom. The van der Waals surface area contributed by atoms with Gasteiger partial charge in [-0.1, -0.05) is 68.8 Å². The summed E-state index contributed by atoms with van der Waals surface area (Å²) in [6.07, 6.45) is 9.46. The molecule has 0 aliphatic carbocycles. The highest BCUT2D eigenvalue weighted by molar-refractivity contribution is 5.95. The maximum Gasteiger partial charge on any atom is 0.242 e. The molecule has 2 aliphatic heterocycles. The quantitative estimate of drug-likeness (QED) is 0.495. The minimum absolute atomic E-state index is 0.0700. The molecule has 1 fully saturated rings. The second-order valence-corrected chi connectivity index (χ2v) is 11.0. The lowest BCUT2D eigenvalue weighted by molar-refractivity contribution is -0.134. The van der Waals surface area contributed by atoms with Crippen molar-refractivity contribution >= 4 is 17.5 Å². The van der Waals surface area contributed by atoms with Gasteiger partial charge in [0.1, 0.15) is 6.54 Å². The van der Waals surface area contributed by atoms with E-state index in [0.29, 0.717) is 25.7 Å². The van der Waals surface area contributed by atoms with E-state index in [9.17, 15) is 9.59 Å². The monoisotopic (exact) mass is 513 g/mol.